The molecule has 0 aliphatic carbocycles. The van der Waals surface area contributed by atoms with Gasteiger partial charge in [-0.2, -0.15) is 0 Å². The number of oxazole rings is 1. The molecule has 26 heavy (non-hydrogen) atoms. The Morgan fingerprint density at radius 1 is 1.08 bits per heavy atom. The second-order valence-electron chi connectivity index (χ2n) is 5.84. The molecule has 0 atom stereocenters. The maximum Gasteiger partial charge on any atom is 0.247 e. The monoisotopic (exact) mass is 347 g/mol. The van der Waals surface area contributed by atoms with Crippen molar-refractivity contribution < 1.29 is 13.9 Å². The summed E-state index contributed by atoms with van der Waals surface area (Å²) in [6.07, 6.45) is 5.05. The summed E-state index contributed by atoms with van der Waals surface area (Å²) in [6, 6.07) is 11.5. The van der Waals surface area contributed by atoms with E-state index in [1.165, 1.54) is 0 Å². The predicted molar refractivity (Wildman–Crippen MR) is 97.1 cm³/mol. The summed E-state index contributed by atoms with van der Waals surface area (Å²) in [5.41, 5.74) is 4.12. The lowest BCUT2D eigenvalue weighted by Gasteiger charge is -2.09. The van der Waals surface area contributed by atoms with Gasteiger partial charge in [-0.05, 0) is 42.3 Å². The van der Waals surface area contributed by atoms with Crippen LogP contribution in [0, 0.1) is 6.92 Å². The fourth-order valence-corrected chi connectivity index (χ4v) is 2.61. The normalized spacial score (nSPS) is 10.8. The van der Waals surface area contributed by atoms with Gasteiger partial charge in [0.05, 0.1) is 18.9 Å². The molecule has 0 bridgehead atoms. The lowest BCUT2D eigenvalue weighted by atomic mass is 10.1. The molecule has 0 aliphatic heterocycles. The molecule has 0 amide bonds. The topological polar surface area (TPSA) is 70.3 Å². The van der Waals surface area contributed by atoms with Gasteiger partial charge in [0.25, 0.3) is 0 Å². The molecule has 0 aliphatic rings. The Morgan fingerprint density at radius 2 is 2.00 bits per heavy atom. The van der Waals surface area contributed by atoms with Gasteiger partial charge in [0.1, 0.15) is 23.6 Å². The van der Waals surface area contributed by atoms with Crippen LogP contribution in [0.15, 0.2) is 59.4 Å². The minimum atomic E-state index is 0.441. The zero-order valence-electron chi connectivity index (χ0n) is 14.5. The van der Waals surface area contributed by atoms with E-state index in [0.717, 1.165) is 22.4 Å². The van der Waals surface area contributed by atoms with E-state index in [1.807, 2.05) is 43.3 Å². The van der Waals surface area contributed by atoms with Crippen LogP contribution in [-0.2, 0) is 6.61 Å². The van der Waals surface area contributed by atoms with E-state index >= 15 is 0 Å². The predicted octanol–water partition coefficient (Wildman–Crippen LogP) is 4.18. The number of ether oxygens (including phenoxy) is 2. The van der Waals surface area contributed by atoms with Crippen LogP contribution in [0.4, 0.5) is 0 Å². The molecular weight excluding hydrogens is 330 g/mol. The number of methoxy groups -OCH3 is 1. The van der Waals surface area contributed by atoms with Crippen LogP contribution >= 0.6 is 0 Å². The van der Waals surface area contributed by atoms with Gasteiger partial charge in [-0.1, -0.05) is 6.07 Å². The standard InChI is InChI=1S/C20H17N3O3/c1-13-8-16(24-2)6-5-15(13)12-25-17-9-18-20(22-11-17)26-19(23-18)14-4-3-7-21-10-14/h3-11H,12H2,1-2H3. The Hall–Kier alpha value is -3.41. The third-order valence-corrected chi connectivity index (χ3v) is 4.08. The van der Waals surface area contributed by atoms with Gasteiger partial charge < -0.3 is 13.9 Å². The van der Waals surface area contributed by atoms with E-state index in [-0.39, 0.29) is 0 Å². The first kappa shape index (κ1) is 16.1. The van der Waals surface area contributed by atoms with Gasteiger partial charge in [-0.15, -0.1) is 0 Å². The molecule has 3 aromatic heterocycles. The van der Waals surface area contributed by atoms with Crippen molar-refractivity contribution in [1.82, 2.24) is 15.0 Å². The van der Waals surface area contributed by atoms with Crippen molar-refractivity contribution in [3.63, 3.8) is 0 Å². The molecule has 0 fully saturated rings. The largest absolute Gasteiger partial charge is 0.497 e. The summed E-state index contributed by atoms with van der Waals surface area (Å²) in [7, 11) is 1.66. The van der Waals surface area contributed by atoms with Crippen LogP contribution in [0.5, 0.6) is 11.5 Å². The Balaban J connectivity index is 1.54. The van der Waals surface area contributed by atoms with Crippen LogP contribution in [0.1, 0.15) is 11.1 Å². The summed E-state index contributed by atoms with van der Waals surface area (Å²) >= 11 is 0. The number of aryl methyl sites for hydroxylation is 1. The van der Waals surface area contributed by atoms with Gasteiger partial charge in [0, 0.05) is 18.5 Å². The van der Waals surface area contributed by atoms with E-state index in [4.69, 9.17) is 13.9 Å². The molecular formula is C20H17N3O3. The fourth-order valence-electron chi connectivity index (χ4n) is 2.61. The van der Waals surface area contributed by atoms with Crippen molar-refractivity contribution in [2.75, 3.05) is 7.11 Å². The number of nitrogens with zero attached hydrogens (tertiary/aromatic N) is 3. The van der Waals surface area contributed by atoms with E-state index in [2.05, 4.69) is 15.0 Å². The van der Waals surface area contributed by atoms with Crippen LogP contribution in [0.2, 0.25) is 0 Å². The molecule has 130 valence electrons. The smallest absolute Gasteiger partial charge is 0.247 e. The average Bonchev–Trinajstić information content (AvgIpc) is 3.11. The number of rotatable bonds is 5. The first-order valence-corrected chi connectivity index (χ1v) is 8.16. The maximum atomic E-state index is 5.87. The van der Waals surface area contributed by atoms with Gasteiger partial charge in [-0.3, -0.25) is 4.98 Å². The highest BCUT2D eigenvalue weighted by Crippen LogP contribution is 2.25. The molecule has 6 heteroatoms. The SMILES string of the molecule is COc1ccc(COc2cnc3oc(-c4cccnc4)nc3c2)c(C)c1. The summed E-state index contributed by atoms with van der Waals surface area (Å²) in [5.74, 6) is 1.96. The summed E-state index contributed by atoms with van der Waals surface area (Å²) in [5, 5.41) is 0. The van der Waals surface area contributed by atoms with Crippen molar-refractivity contribution in [1.29, 1.82) is 0 Å². The molecule has 4 aromatic rings. The van der Waals surface area contributed by atoms with Gasteiger partial charge >= 0.3 is 0 Å². The maximum absolute atomic E-state index is 5.87. The molecule has 0 saturated carbocycles. The molecule has 6 nitrogen and oxygen atoms in total. The van der Waals surface area contributed by atoms with Crippen LogP contribution in [0.3, 0.4) is 0 Å². The molecule has 0 saturated heterocycles. The molecule has 0 radical (unpaired) electrons. The molecule has 4 rings (SSSR count). The van der Waals surface area contributed by atoms with E-state index < -0.39 is 0 Å². The van der Waals surface area contributed by atoms with Crippen molar-refractivity contribution in [2.24, 2.45) is 0 Å². The second-order valence-corrected chi connectivity index (χ2v) is 5.84. The Bertz CT molecular complexity index is 1040. The highest BCUT2D eigenvalue weighted by molar-refractivity contribution is 5.73. The molecule has 0 unspecified atom stereocenters. The zero-order chi connectivity index (χ0) is 17.9. The van der Waals surface area contributed by atoms with Gasteiger partial charge in [-0.25, -0.2) is 9.97 Å². The summed E-state index contributed by atoms with van der Waals surface area (Å²) in [6.45, 7) is 2.47. The number of benzene rings is 1. The van der Waals surface area contributed by atoms with Gasteiger partial charge in [0.15, 0.2) is 0 Å². The van der Waals surface area contributed by atoms with Gasteiger partial charge in [0.2, 0.25) is 11.6 Å². The minimum absolute atomic E-state index is 0.441. The highest BCUT2D eigenvalue weighted by atomic mass is 16.5. The molecule has 0 N–H and O–H groups in total. The lowest BCUT2D eigenvalue weighted by molar-refractivity contribution is 0.304. The van der Waals surface area contributed by atoms with Crippen molar-refractivity contribution in [3.05, 3.63) is 66.1 Å². The van der Waals surface area contributed by atoms with E-state index in [0.29, 0.717) is 29.5 Å². The number of aromatic nitrogens is 3. The highest BCUT2D eigenvalue weighted by Gasteiger charge is 2.11. The molecule has 0 spiro atoms. The molecule has 3 heterocycles. The average molecular weight is 347 g/mol. The zero-order valence-corrected chi connectivity index (χ0v) is 14.5. The number of hydrogen-bond donors (Lipinski definition) is 0. The first-order chi connectivity index (χ1) is 12.7. The van der Waals surface area contributed by atoms with Crippen LogP contribution < -0.4 is 9.47 Å². The quantitative estimate of drug-likeness (QED) is 0.539. The first-order valence-electron chi connectivity index (χ1n) is 8.16. The lowest BCUT2D eigenvalue weighted by Crippen LogP contribution is -1.98. The Kier molecular flexibility index (Phi) is 4.23. The van der Waals surface area contributed by atoms with Crippen LogP contribution in [0.25, 0.3) is 22.7 Å². The summed E-state index contributed by atoms with van der Waals surface area (Å²) < 4.78 is 16.8. The van der Waals surface area contributed by atoms with Crippen molar-refractivity contribution >= 4 is 11.2 Å². The number of fused-ring (bicyclic) bond motifs is 1. The van der Waals surface area contributed by atoms with Crippen molar-refractivity contribution in [3.8, 4) is 23.0 Å². The van der Waals surface area contributed by atoms with E-state index in [1.54, 1.807) is 25.7 Å². The minimum Gasteiger partial charge on any atom is -0.497 e. The third-order valence-electron chi connectivity index (χ3n) is 4.08. The third kappa shape index (κ3) is 3.21. The molecule has 1 aromatic carbocycles. The van der Waals surface area contributed by atoms with E-state index in [9.17, 15) is 0 Å². The Labute approximate surface area is 150 Å². The summed E-state index contributed by atoms with van der Waals surface area (Å²) in [4.78, 5) is 12.8. The van der Waals surface area contributed by atoms with Crippen LogP contribution in [-0.4, -0.2) is 22.1 Å². The second kappa shape index (κ2) is 6.84. The number of hydrogen-bond acceptors (Lipinski definition) is 6. The fraction of sp³-hybridized carbons (Fsp3) is 0.150. The van der Waals surface area contributed by atoms with Crippen molar-refractivity contribution in [2.45, 2.75) is 13.5 Å². The number of pyridine rings is 2. The Morgan fingerprint density at radius 3 is 2.77 bits per heavy atom.